The van der Waals surface area contributed by atoms with E-state index in [4.69, 9.17) is 20.2 Å². The minimum Gasteiger partial charge on any atom is -0.493 e. The van der Waals surface area contributed by atoms with Crippen molar-refractivity contribution in [1.82, 2.24) is 9.80 Å². The molecule has 0 radical (unpaired) electrons. The van der Waals surface area contributed by atoms with Crippen LogP contribution in [0.4, 0.5) is 10.1 Å². The second-order valence-corrected chi connectivity index (χ2v) is 7.74. The number of aliphatic imine (C=N–C) groups is 1. The molecule has 0 spiro atoms. The summed E-state index contributed by atoms with van der Waals surface area (Å²) < 4.78 is 23.9. The van der Waals surface area contributed by atoms with Crippen LogP contribution >= 0.6 is 24.0 Å². The van der Waals surface area contributed by atoms with E-state index in [1.807, 2.05) is 44.4 Å². The predicted molar refractivity (Wildman–Crippen MR) is 138 cm³/mol. The quantitative estimate of drug-likeness (QED) is 0.321. The molecule has 1 atom stereocenters. The molecule has 0 aromatic heterocycles. The van der Waals surface area contributed by atoms with Gasteiger partial charge in [-0.15, -0.1) is 24.0 Å². The minimum absolute atomic E-state index is 0. The molecule has 32 heavy (non-hydrogen) atoms. The average molecular weight is 557 g/mol. The van der Waals surface area contributed by atoms with Gasteiger partial charge in [0, 0.05) is 31.9 Å². The third-order valence-corrected chi connectivity index (χ3v) is 5.64. The smallest absolute Gasteiger partial charge is 0.191 e. The van der Waals surface area contributed by atoms with E-state index in [0.29, 0.717) is 24.0 Å². The first-order valence-electron chi connectivity index (χ1n) is 10.4. The lowest BCUT2D eigenvalue weighted by atomic mass is 10.1. The van der Waals surface area contributed by atoms with Crippen LogP contribution in [-0.4, -0.2) is 76.8 Å². The van der Waals surface area contributed by atoms with Crippen LogP contribution in [0.15, 0.2) is 47.5 Å². The second-order valence-electron chi connectivity index (χ2n) is 7.74. The Bertz CT molecular complexity index is 886. The fraction of sp³-hybridized carbons (Fsp3) is 0.435. The van der Waals surface area contributed by atoms with Crippen molar-refractivity contribution in [1.29, 1.82) is 0 Å². The van der Waals surface area contributed by atoms with Crippen LogP contribution in [0.5, 0.6) is 11.5 Å². The van der Waals surface area contributed by atoms with Crippen LogP contribution in [0.3, 0.4) is 0 Å². The Balaban J connectivity index is 0.00000363. The molecule has 2 aromatic carbocycles. The molecule has 176 valence electrons. The largest absolute Gasteiger partial charge is 0.493 e. The molecule has 1 unspecified atom stereocenters. The maximum Gasteiger partial charge on any atom is 0.191 e. The first-order valence-corrected chi connectivity index (χ1v) is 10.4. The van der Waals surface area contributed by atoms with Crippen molar-refractivity contribution < 1.29 is 13.9 Å². The molecular weight excluding hydrogens is 524 g/mol. The molecule has 1 aliphatic rings. The standard InChI is InChI=1S/C23H32FN5O2.HI/c1-27(2)20(17-5-10-21(30-3)22(15-17)31-4)16-26-23(25)29-13-11-28(12-14-29)19-8-6-18(24)7-9-19;/h5-10,15,20H,11-14,16H2,1-4H3,(H2,25,26);1H. The topological polar surface area (TPSA) is 66.6 Å². The number of guanidine groups is 1. The number of methoxy groups -OCH3 is 2. The number of hydrogen-bond acceptors (Lipinski definition) is 5. The van der Waals surface area contributed by atoms with Crippen molar-refractivity contribution in [2.24, 2.45) is 10.7 Å². The minimum atomic E-state index is -0.219. The van der Waals surface area contributed by atoms with Gasteiger partial charge in [-0.05, 0) is 56.1 Å². The van der Waals surface area contributed by atoms with Crippen molar-refractivity contribution in [2.75, 3.05) is 65.9 Å². The lowest BCUT2D eigenvalue weighted by Crippen LogP contribution is -2.51. The van der Waals surface area contributed by atoms with Gasteiger partial charge in [-0.3, -0.25) is 4.99 Å². The molecule has 2 N–H and O–H groups in total. The molecule has 3 rings (SSSR count). The number of rotatable bonds is 7. The summed E-state index contributed by atoms with van der Waals surface area (Å²) in [4.78, 5) is 11.1. The number of nitrogens with two attached hydrogens (primary N) is 1. The number of likely N-dealkylation sites (N-methyl/N-ethyl adjacent to an activating group) is 1. The van der Waals surface area contributed by atoms with Gasteiger partial charge in [0.15, 0.2) is 17.5 Å². The number of anilines is 1. The van der Waals surface area contributed by atoms with Gasteiger partial charge in [-0.1, -0.05) is 6.07 Å². The SMILES string of the molecule is COc1ccc(C(CN=C(N)N2CCN(c3ccc(F)cc3)CC2)N(C)C)cc1OC.I. The molecule has 1 aliphatic heterocycles. The van der Waals surface area contributed by atoms with E-state index in [-0.39, 0.29) is 35.8 Å². The highest BCUT2D eigenvalue weighted by Gasteiger charge is 2.20. The van der Waals surface area contributed by atoms with E-state index in [0.717, 1.165) is 37.4 Å². The summed E-state index contributed by atoms with van der Waals surface area (Å²) in [7, 11) is 7.30. The zero-order valence-corrected chi connectivity index (χ0v) is 21.5. The van der Waals surface area contributed by atoms with Crippen LogP contribution in [0.25, 0.3) is 0 Å². The van der Waals surface area contributed by atoms with Gasteiger partial charge in [0.25, 0.3) is 0 Å². The Morgan fingerprint density at radius 1 is 1.03 bits per heavy atom. The third-order valence-electron chi connectivity index (χ3n) is 5.64. The number of nitrogens with zero attached hydrogens (tertiary/aromatic N) is 4. The molecule has 0 aliphatic carbocycles. The van der Waals surface area contributed by atoms with Gasteiger partial charge >= 0.3 is 0 Å². The van der Waals surface area contributed by atoms with E-state index in [9.17, 15) is 4.39 Å². The van der Waals surface area contributed by atoms with Crippen molar-refractivity contribution >= 4 is 35.6 Å². The number of benzene rings is 2. The fourth-order valence-corrected chi connectivity index (χ4v) is 3.75. The van der Waals surface area contributed by atoms with Crippen LogP contribution in [0, 0.1) is 5.82 Å². The molecule has 0 amide bonds. The summed E-state index contributed by atoms with van der Waals surface area (Å²) in [5, 5.41) is 0. The van der Waals surface area contributed by atoms with Gasteiger partial charge in [0.05, 0.1) is 26.8 Å². The average Bonchev–Trinajstić information content (AvgIpc) is 2.79. The van der Waals surface area contributed by atoms with Gasteiger partial charge in [0.2, 0.25) is 0 Å². The Labute approximate surface area is 207 Å². The van der Waals surface area contributed by atoms with E-state index >= 15 is 0 Å². The maximum absolute atomic E-state index is 13.2. The zero-order chi connectivity index (χ0) is 22.4. The Morgan fingerprint density at radius 3 is 2.22 bits per heavy atom. The summed E-state index contributed by atoms with van der Waals surface area (Å²) in [6.45, 7) is 3.71. The van der Waals surface area contributed by atoms with E-state index in [1.54, 1.807) is 14.2 Å². The van der Waals surface area contributed by atoms with E-state index in [1.165, 1.54) is 12.1 Å². The molecule has 1 fully saturated rings. The molecule has 9 heteroatoms. The number of halogens is 2. The highest BCUT2D eigenvalue weighted by molar-refractivity contribution is 14.0. The molecule has 7 nitrogen and oxygen atoms in total. The van der Waals surface area contributed by atoms with Gasteiger partial charge in [-0.2, -0.15) is 0 Å². The van der Waals surface area contributed by atoms with Gasteiger partial charge < -0.3 is 29.9 Å². The summed E-state index contributed by atoms with van der Waals surface area (Å²) in [5.74, 6) is 1.72. The molecule has 1 heterocycles. The molecule has 1 saturated heterocycles. The molecule has 0 saturated carbocycles. The molecular formula is C23H33FIN5O2. The first kappa shape index (κ1) is 26.0. The summed E-state index contributed by atoms with van der Waals surface area (Å²) >= 11 is 0. The van der Waals surface area contributed by atoms with Crippen molar-refractivity contribution in [3.63, 3.8) is 0 Å². The van der Waals surface area contributed by atoms with Crippen LogP contribution < -0.4 is 20.1 Å². The van der Waals surface area contributed by atoms with Gasteiger partial charge in [0.1, 0.15) is 5.82 Å². The number of hydrogen-bond donors (Lipinski definition) is 1. The highest BCUT2D eigenvalue weighted by Crippen LogP contribution is 2.31. The highest BCUT2D eigenvalue weighted by atomic mass is 127. The number of ether oxygens (including phenoxy) is 2. The second kappa shape index (κ2) is 12.1. The Morgan fingerprint density at radius 2 is 1.66 bits per heavy atom. The van der Waals surface area contributed by atoms with Crippen LogP contribution in [0.1, 0.15) is 11.6 Å². The Hall–Kier alpha value is -2.27. The normalized spacial score (nSPS) is 15.4. The summed E-state index contributed by atoms with van der Waals surface area (Å²) in [6.07, 6.45) is 0. The van der Waals surface area contributed by atoms with Crippen LogP contribution in [0.2, 0.25) is 0 Å². The van der Waals surface area contributed by atoms with E-state index < -0.39 is 0 Å². The fourth-order valence-electron chi connectivity index (χ4n) is 3.75. The lowest BCUT2D eigenvalue weighted by molar-refractivity contribution is 0.301. The van der Waals surface area contributed by atoms with Crippen molar-refractivity contribution in [2.45, 2.75) is 6.04 Å². The van der Waals surface area contributed by atoms with Crippen molar-refractivity contribution in [3.8, 4) is 11.5 Å². The maximum atomic E-state index is 13.2. The summed E-state index contributed by atoms with van der Waals surface area (Å²) in [6, 6.07) is 12.6. The van der Waals surface area contributed by atoms with Gasteiger partial charge in [-0.25, -0.2) is 4.39 Å². The Kier molecular flexibility index (Phi) is 9.83. The molecule has 2 aromatic rings. The van der Waals surface area contributed by atoms with Crippen molar-refractivity contribution in [3.05, 3.63) is 53.8 Å². The monoisotopic (exact) mass is 557 g/mol. The number of piperazine rings is 1. The third kappa shape index (κ3) is 6.38. The predicted octanol–water partition coefficient (Wildman–Crippen LogP) is 3.20. The first-order chi connectivity index (χ1) is 14.9. The molecule has 0 bridgehead atoms. The summed E-state index contributed by atoms with van der Waals surface area (Å²) in [5.41, 5.74) is 8.43. The lowest BCUT2D eigenvalue weighted by Gasteiger charge is -2.36. The van der Waals surface area contributed by atoms with Crippen LogP contribution in [-0.2, 0) is 0 Å². The zero-order valence-electron chi connectivity index (χ0n) is 19.1. The van der Waals surface area contributed by atoms with E-state index in [2.05, 4.69) is 14.7 Å².